The molecule has 0 aliphatic heterocycles. The van der Waals surface area contributed by atoms with E-state index in [0.29, 0.717) is 22.8 Å². The van der Waals surface area contributed by atoms with Gasteiger partial charge in [-0.25, -0.2) is 0 Å². The van der Waals surface area contributed by atoms with Gasteiger partial charge in [-0.15, -0.1) is 0 Å². The first kappa shape index (κ1) is 14.8. The van der Waals surface area contributed by atoms with E-state index in [0.717, 1.165) is 23.0 Å². The standard InChI is InChI=1S/C16H12ClF3N2/c17-14-8-13(21)7-11-4-5-22(15(11)14)9-10-2-1-3-12(6-10)16(18,19)20/h1-8H,9,21H2. The fourth-order valence-electron chi connectivity index (χ4n) is 2.49. The predicted molar refractivity (Wildman–Crippen MR) is 81.9 cm³/mol. The van der Waals surface area contributed by atoms with Crippen molar-refractivity contribution in [1.29, 1.82) is 0 Å². The maximum Gasteiger partial charge on any atom is 0.416 e. The first-order chi connectivity index (χ1) is 10.3. The van der Waals surface area contributed by atoms with E-state index in [-0.39, 0.29) is 0 Å². The fraction of sp³-hybridized carbons (Fsp3) is 0.125. The molecule has 0 saturated carbocycles. The lowest BCUT2D eigenvalue weighted by Gasteiger charge is -2.11. The molecule has 2 aromatic carbocycles. The Labute approximate surface area is 129 Å². The highest BCUT2D eigenvalue weighted by Gasteiger charge is 2.30. The summed E-state index contributed by atoms with van der Waals surface area (Å²) in [5.41, 5.74) is 6.94. The lowest BCUT2D eigenvalue weighted by Crippen LogP contribution is -2.06. The van der Waals surface area contributed by atoms with Crippen LogP contribution in [0.4, 0.5) is 18.9 Å². The number of nitrogens with two attached hydrogens (primary N) is 1. The predicted octanol–water partition coefficient (Wildman–Crippen LogP) is 4.94. The van der Waals surface area contributed by atoms with Crippen molar-refractivity contribution in [3.05, 3.63) is 64.8 Å². The SMILES string of the molecule is Nc1cc(Cl)c2c(ccn2Cc2cccc(C(F)(F)F)c2)c1. The van der Waals surface area contributed by atoms with E-state index >= 15 is 0 Å². The Bertz CT molecular complexity index is 837. The quantitative estimate of drug-likeness (QED) is 0.665. The summed E-state index contributed by atoms with van der Waals surface area (Å²) in [5.74, 6) is 0. The summed E-state index contributed by atoms with van der Waals surface area (Å²) in [6.07, 6.45) is -2.56. The average Bonchev–Trinajstić information content (AvgIpc) is 2.81. The molecule has 0 spiro atoms. The molecule has 1 aromatic heterocycles. The van der Waals surface area contributed by atoms with Crippen LogP contribution in [0.2, 0.25) is 5.02 Å². The molecule has 0 aliphatic carbocycles. The molecule has 2 nitrogen and oxygen atoms in total. The summed E-state index contributed by atoms with van der Waals surface area (Å²) in [4.78, 5) is 0. The molecular formula is C16H12ClF3N2. The van der Waals surface area contributed by atoms with E-state index in [1.807, 2.05) is 10.6 Å². The maximum atomic E-state index is 12.8. The zero-order valence-electron chi connectivity index (χ0n) is 11.4. The summed E-state index contributed by atoms with van der Waals surface area (Å²) < 4.78 is 40.1. The minimum absolute atomic E-state index is 0.303. The van der Waals surface area contributed by atoms with Crippen molar-refractivity contribution in [2.24, 2.45) is 0 Å². The van der Waals surface area contributed by atoms with E-state index in [1.54, 1.807) is 24.4 Å². The molecule has 2 N–H and O–H groups in total. The Morgan fingerprint density at radius 2 is 1.86 bits per heavy atom. The van der Waals surface area contributed by atoms with Crippen molar-refractivity contribution in [2.75, 3.05) is 5.73 Å². The number of hydrogen-bond acceptors (Lipinski definition) is 1. The number of benzene rings is 2. The molecule has 0 unspecified atom stereocenters. The smallest absolute Gasteiger partial charge is 0.399 e. The highest BCUT2D eigenvalue weighted by molar-refractivity contribution is 6.35. The molecular weight excluding hydrogens is 313 g/mol. The van der Waals surface area contributed by atoms with Crippen LogP contribution >= 0.6 is 11.6 Å². The number of anilines is 1. The van der Waals surface area contributed by atoms with Crippen LogP contribution < -0.4 is 5.73 Å². The molecule has 0 atom stereocenters. The van der Waals surface area contributed by atoms with Crippen molar-refractivity contribution in [1.82, 2.24) is 4.57 Å². The van der Waals surface area contributed by atoms with Crippen molar-refractivity contribution in [3.8, 4) is 0 Å². The Balaban J connectivity index is 2.01. The number of hydrogen-bond donors (Lipinski definition) is 1. The summed E-state index contributed by atoms with van der Waals surface area (Å²) in [5, 5.41) is 1.34. The lowest BCUT2D eigenvalue weighted by molar-refractivity contribution is -0.137. The number of aromatic nitrogens is 1. The highest BCUT2D eigenvalue weighted by Crippen LogP contribution is 2.31. The van der Waals surface area contributed by atoms with Crippen LogP contribution in [0.5, 0.6) is 0 Å². The third-order valence-electron chi connectivity index (χ3n) is 3.44. The third-order valence-corrected chi connectivity index (χ3v) is 3.73. The van der Waals surface area contributed by atoms with Gasteiger partial charge in [-0.2, -0.15) is 13.2 Å². The zero-order valence-corrected chi connectivity index (χ0v) is 12.1. The van der Waals surface area contributed by atoms with Gasteiger partial charge in [0.15, 0.2) is 0 Å². The van der Waals surface area contributed by atoms with E-state index in [4.69, 9.17) is 17.3 Å². The Morgan fingerprint density at radius 1 is 1.09 bits per heavy atom. The van der Waals surface area contributed by atoms with Gasteiger partial charge in [-0.3, -0.25) is 0 Å². The van der Waals surface area contributed by atoms with Gasteiger partial charge in [0, 0.05) is 23.8 Å². The summed E-state index contributed by atoms with van der Waals surface area (Å²) >= 11 is 6.20. The Kier molecular flexibility index (Phi) is 3.53. The third kappa shape index (κ3) is 2.76. The molecule has 0 amide bonds. The molecule has 3 aromatic rings. The van der Waals surface area contributed by atoms with Crippen molar-refractivity contribution in [2.45, 2.75) is 12.7 Å². The van der Waals surface area contributed by atoms with Crippen LogP contribution in [0, 0.1) is 0 Å². The van der Waals surface area contributed by atoms with Gasteiger partial charge < -0.3 is 10.3 Å². The number of nitrogens with zero attached hydrogens (tertiary/aromatic N) is 1. The average molecular weight is 325 g/mol. The molecule has 0 fully saturated rings. The molecule has 1 heterocycles. The van der Waals surface area contributed by atoms with Crippen LogP contribution in [-0.4, -0.2) is 4.57 Å². The molecule has 22 heavy (non-hydrogen) atoms. The molecule has 114 valence electrons. The molecule has 3 rings (SSSR count). The van der Waals surface area contributed by atoms with Crippen LogP contribution in [0.1, 0.15) is 11.1 Å². The Hall–Kier alpha value is -2.14. The van der Waals surface area contributed by atoms with Crippen LogP contribution in [-0.2, 0) is 12.7 Å². The monoisotopic (exact) mass is 324 g/mol. The lowest BCUT2D eigenvalue weighted by atomic mass is 10.1. The number of alkyl halides is 3. The van der Waals surface area contributed by atoms with Gasteiger partial charge in [-0.05, 0) is 35.9 Å². The first-order valence-electron chi connectivity index (χ1n) is 6.54. The number of fused-ring (bicyclic) bond motifs is 1. The normalized spacial score (nSPS) is 12.0. The van der Waals surface area contributed by atoms with Crippen molar-refractivity contribution in [3.63, 3.8) is 0 Å². The van der Waals surface area contributed by atoms with Crippen LogP contribution in [0.15, 0.2) is 48.7 Å². The van der Waals surface area contributed by atoms with Gasteiger partial charge in [-0.1, -0.05) is 23.7 Å². The zero-order chi connectivity index (χ0) is 15.9. The second kappa shape index (κ2) is 5.25. The first-order valence-corrected chi connectivity index (χ1v) is 6.92. The maximum absolute atomic E-state index is 12.8. The second-order valence-electron chi connectivity index (χ2n) is 5.08. The van der Waals surface area contributed by atoms with Gasteiger partial charge in [0.25, 0.3) is 0 Å². The van der Waals surface area contributed by atoms with Gasteiger partial charge in [0.1, 0.15) is 0 Å². The molecule has 0 radical (unpaired) electrons. The highest BCUT2D eigenvalue weighted by atomic mass is 35.5. The molecule has 0 saturated heterocycles. The summed E-state index contributed by atoms with van der Waals surface area (Å²) in [6.45, 7) is 0.303. The van der Waals surface area contributed by atoms with Gasteiger partial charge >= 0.3 is 6.18 Å². The van der Waals surface area contributed by atoms with E-state index in [1.165, 1.54) is 6.07 Å². The van der Waals surface area contributed by atoms with Crippen molar-refractivity contribution < 1.29 is 13.2 Å². The minimum atomic E-state index is -4.35. The minimum Gasteiger partial charge on any atom is -0.399 e. The van der Waals surface area contributed by atoms with Crippen LogP contribution in [0.25, 0.3) is 10.9 Å². The van der Waals surface area contributed by atoms with E-state index in [9.17, 15) is 13.2 Å². The second-order valence-corrected chi connectivity index (χ2v) is 5.49. The molecule has 0 aliphatic rings. The summed E-state index contributed by atoms with van der Waals surface area (Å²) in [7, 11) is 0. The largest absolute Gasteiger partial charge is 0.416 e. The van der Waals surface area contributed by atoms with Gasteiger partial charge in [0.05, 0.1) is 16.1 Å². The number of nitrogen functional groups attached to an aromatic ring is 1. The topological polar surface area (TPSA) is 30.9 Å². The number of rotatable bonds is 2. The van der Waals surface area contributed by atoms with Crippen molar-refractivity contribution >= 4 is 28.2 Å². The number of halogens is 4. The van der Waals surface area contributed by atoms with E-state index in [2.05, 4.69) is 0 Å². The molecule has 6 heteroatoms. The van der Waals surface area contributed by atoms with E-state index < -0.39 is 11.7 Å². The molecule has 0 bridgehead atoms. The Morgan fingerprint density at radius 3 is 2.59 bits per heavy atom. The summed E-state index contributed by atoms with van der Waals surface area (Å²) in [6, 6.07) is 10.5. The van der Waals surface area contributed by atoms with Gasteiger partial charge in [0.2, 0.25) is 0 Å². The van der Waals surface area contributed by atoms with Crippen LogP contribution in [0.3, 0.4) is 0 Å². The fourth-order valence-corrected chi connectivity index (χ4v) is 2.84.